The molecule has 0 bridgehead atoms. The van der Waals surface area contributed by atoms with E-state index in [1.54, 1.807) is 55.8 Å². The number of aliphatic hydroxyl groups is 1. The van der Waals surface area contributed by atoms with E-state index in [2.05, 4.69) is 4.98 Å². The number of Topliss-reactive ketones (excluding diaryl/α,β-unsaturated/α-hetero) is 1. The molecule has 186 valence electrons. The Morgan fingerprint density at radius 3 is 2.28 bits per heavy atom. The van der Waals surface area contributed by atoms with Crippen LogP contribution >= 0.6 is 0 Å². The lowest BCUT2D eigenvalue weighted by Crippen LogP contribution is -2.29. The summed E-state index contributed by atoms with van der Waals surface area (Å²) >= 11 is 0. The first-order valence-electron chi connectivity index (χ1n) is 11.7. The first-order valence-corrected chi connectivity index (χ1v) is 11.7. The van der Waals surface area contributed by atoms with E-state index in [0.29, 0.717) is 22.7 Å². The lowest BCUT2D eigenvalue weighted by Gasteiger charge is -2.25. The molecule has 0 spiro atoms. The van der Waals surface area contributed by atoms with Crippen molar-refractivity contribution in [2.24, 2.45) is 0 Å². The fraction of sp³-hybridized carbons (Fsp3) is 0.276. The Balaban J connectivity index is 1.92. The number of hydrogen-bond acceptors (Lipinski definition) is 6. The maximum absolute atomic E-state index is 13.4. The van der Waals surface area contributed by atoms with Crippen molar-refractivity contribution in [2.75, 3.05) is 31.0 Å². The van der Waals surface area contributed by atoms with Gasteiger partial charge >= 0.3 is 0 Å². The van der Waals surface area contributed by atoms with Gasteiger partial charge in [0.05, 0.1) is 18.4 Å². The van der Waals surface area contributed by atoms with Crippen molar-refractivity contribution in [3.05, 3.63) is 89.3 Å². The Morgan fingerprint density at radius 1 is 1.03 bits per heavy atom. The molecule has 7 heteroatoms. The molecule has 2 aromatic carbocycles. The number of aliphatic hydroxyl groups excluding tert-OH is 1. The van der Waals surface area contributed by atoms with Gasteiger partial charge in [0.1, 0.15) is 17.6 Å². The normalized spacial score (nSPS) is 17.4. The number of methoxy groups -OCH3 is 1. The second-order valence-electron chi connectivity index (χ2n) is 10.00. The van der Waals surface area contributed by atoms with Crippen LogP contribution in [-0.2, 0) is 15.0 Å². The van der Waals surface area contributed by atoms with E-state index in [4.69, 9.17) is 4.74 Å². The minimum atomic E-state index is -0.878. The van der Waals surface area contributed by atoms with E-state index in [0.717, 1.165) is 11.3 Å². The van der Waals surface area contributed by atoms with Gasteiger partial charge in [0.15, 0.2) is 0 Å². The molecule has 1 saturated heterocycles. The molecule has 1 unspecified atom stereocenters. The minimum absolute atomic E-state index is 0.000382. The van der Waals surface area contributed by atoms with Crippen LogP contribution in [0, 0.1) is 0 Å². The Morgan fingerprint density at radius 2 is 1.72 bits per heavy atom. The zero-order valence-electron chi connectivity index (χ0n) is 21.4. The van der Waals surface area contributed by atoms with Crippen LogP contribution in [0.3, 0.4) is 0 Å². The summed E-state index contributed by atoms with van der Waals surface area (Å²) < 4.78 is 5.52. The van der Waals surface area contributed by atoms with Crippen LogP contribution in [0.25, 0.3) is 5.76 Å². The van der Waals surface area contributed by atoms with Crippen molar-refractivity contribution in [1.29, 1.82) is 0 Å². The Hall–Kier alpha value is -4.13. The molecule has 0 aliphatic carbocycles. The number of ketones is 1. The SMILES string of the molecule is COc1ccc(/C(O)=C2/C(=O)C(=O)N(c3ccc(N(C)C)cc3)C2c2ccccn2)cc1C(C)(C)C. The van der Waals surface area contributed by atoms with Crippen molar-refractivity contribution in [2.45, 2.75) is 32.2 Å². The van der Waals surface area contributed by atoms with E-state index < -0.39 is 17.7 Å². The number of rotatable bonds is 5. The average Bonchev–Trinajstić information content (AvgIpc) is 3.13. The number of pyridine rings is 1. The number of hydrogen-bond donors (Lipinski definition) is 1. The van der Waals surface area contributed by atoms with Crippen molar-refractivity contribution < 1.29 is 19.4 Å². The van der Waals surface area contributed by atoms with Crippen molar-refractivity contribution >= 4 is 28.8 Å². The summed E-state index contributed by atoms with van der Waals surface area (Å²) in [6.07, 6.45) is 1.61. The molecule has 2 heterocycles. The van der Waals surface area contributed by atoms with Crippen LogP contribution in [0.1, 0.15) is 43.6 Å². The average molecular weight is 486 g/mol. The summed E-state index contributed by atoms with van der Waals surface area (Å²) in [6, 6.07) is 17.0. The summed E-state index contributed by atoms with van der Waals surface area (Å²) in [5, 5.41) is 11.5. The molecule has 1 fully saturated rings. The largest absolute Gasteiger partial charge is 0.507 e. The smallest absolute Gasteiger partial charge is 0.300 e. The number of aromatic nitrogens is 1. The summed E-state index contributed by atoms with van der Waals surface area (Å²) in [4.78, 5) is 34.5. The van der Waals surface area contributed by atoms with Crippen molar-refractivity contribution in [1.82, 2.24) is 4.98 Å². The number of nitrogens with zero attached hydrogens (tertiary/aromatic N) is 3. The van der Waals surface area contributed by atoms with Crippen LogP contribution in [0.2, 0.25) is 0 Å². The van der Waals surface area contributed by atoms with E-state index in [1.165, 1.54) is 4.90 Å². The molecule has 36 heavy (non-hydrogen) atoms. The Labute approximate surface area is 211 Å². The van der Waals surface area contributed by atoms with Gasteiger partial charge in [-0.3, -0.25) is 19.5 Å². The van der Waals surface area contributed by atoms with Crippen LogP contribution in [-0.4, -0.2) is 43.0 Å². The van der Waals surface area contributed by atoms with Gasteiger partial charge in [0, 0.05) is 42.8 Å². The summed E-state index contributed by atoms with van der Waals surface area (Å²) in [5.74, 6) is -1.03. The van der Waals surface area contributed by atoms with Crippen molar-refractivity contribution in [3.63, 3.8) is 0 Å². The van der Waals surface area contributed by atoms with Crippen LogP contribution < -0.4 is 14.5 Å². The van der Waals surface area contributed by atoms with E-state index in [1.807, 2.05) is 58.0 Å². The molecule has 1 amide bonds. The molecule has 3 aromatic rings. The fourth-order valence-corrected chi connectivity index (χ4v) is 4.42. The van der Waals surface area contributed by atoms with Gasteiger partial charge in [-0.1, -0.05) is 26.8 Å². The number of anilines is 2. The van der Waals surface area contributed by atoms with Gasteiger partial charge in [-0.15, -0.1) is 0 Å². The molecule has 0 saturated carbocycles. The molecular formula is C29H31N3O4. The molecule has 1 atom stereocenters. The maximum Gasteiger partial charge on any atom is 0.300 e. The lowest BCUT2D eigenvalue weighted by molar-refractivity contribution is -0.132. The Kier molecular flexibility index (Phi) is 6.59. The van der Waals surface area contributed by atoms with Gasteiger partial charge in [-0.2, -0.15) is 0 Å². The molecule has 0 radical (unpaired) electrons. The van der Waals surface area contributed by atoms with Gasteiger partial charge in [-0.05, 0) is 60.0 Å². The van der Waals surface area contributed by atoms with Gasteiger partial charge < -0.3 is 14.7 Å². The second-order valence-corrected chi connectivity index (χ2v) is 10.00. The molecule has 7 nitrogen and oxygen atoms in total. The highest BCUT2D eigenvalue weighted by atomic mass is 16.5. The third-order valence-electron chi connectivity index (χ3n) is 6.34. The highest BCUT2D eigenvalue weighted by Crippen LogP contribution is 2.42. The topological polar surface area (TPSA) is 83.0 Å². The third kappa shape index (κ3) is 4.44. The highest BCUT2D eigenvalue weighted by Gasteiger charge is 2.47. The molecule has 1 aromatic heterocycles. The molecule has 4 rings (SSSR count). The van der Waals surface area contributed by atoms with E-state index in [9.17, 15) is 14.7 Å². The van der Waals surface area contributed by atoms with Crippen molar-refractivity contribution in [3.8, 4) is 5.75 Å². The Bertz CT molecular complexity index is 1320. The lowest BCUT2D eigenvalue weighted by atomic mass is 9.84. The van der Waals surface area contributed by atoms with Gasteiger partial charge in [0.2, 0.25) is 0 Å². The second kappa shape index (κ2) is 9.49. The number of ether oxygens (including phenoxy) is 1. The third-order valence-corrected chi connectivity index (χ3v) is 6.34. The van der Waals surface area contributed by atoms with Gasteiger partial charge in [-0.25, -0.2) is 0 Å². The number of carbonyl (C=O) groups is 2. The zero-order valence-corrected chi connectivity index (χ0v) is 21.4. The quantitative estimate of drug-likeness (QED) is 0.308. The summed E-state index contributed by atoms with van der Waals surface area (Å²) in [6.45, 7) is 6.12. The molecular weight excluding hydrogens is 454 g/mol. The zero-order chi connectivity index (χ0) is 26.2. The molecule has 1 aliphatic heterocycles. The predicted molar refractivity (Wildman–Crippen MR) is 141 cm³/mol. The van der Waals surface area contributed by atoms with E-state index >= 15 is 0 Å². The number of carbonyl (C=O) groups excluding carboxylic acids is 2. The van der Waals surface area contributed by atoms with Gasteiger partial charge in [0.25, 0.3) is 11.7 Å². The molecule has 1 aliphatic rings. The van der Waals surface area contributed by atoms with E-state index in [-0.39, 0.29) is 16.7 Å². The maximum atomic E-state index is 13.4. The minimum Gasteiger partial charge on any atom is -0.507 e. The molecule has 1 N–H and O–H groups in total. The summed E-state index contributed by atoms with van der Waals surface area (Å²) in [7, 11) is 5.45. The monoisotopic (exact) mass is 485 g/mol. The fourth-order valence-electron chi connectivity index (χ4n) is 4.42. The van der Waals surface area contributed by atoms with Crippen LogP contribution in [0.5, 0.6) is 5.75 Å². The number of amides is 1. The standard InChI is InChI=1S/C29H31N3O4/c1-29(2,3)21-17-18(10-15-23(21)36-6)26(33)24-25(22-9-7-8-16-30-22)32(28(35)27(24)34)20-13-11-19(12-14-20)31(4)5/h7-17,25,33H,1-6H3/b26-24-. The highest BCUT2D eigenvalue weighted by molar-refractivity contribution is 6.51. The predicted octanol–water partition coefficient (Wildman–Crippen LogP) is 5.08. The first kappa shape index (κ1) is 25.0. The summed E-state index contributed by atoms with van der Waals surface area (Å²) in [5.41, 5.74) is 3.02. The van der Waals surface area contributed by atoms with Crippen LogP contribution in [0.4, 0.5) is 11.4 Å². The first-order chi connectivity index (χ1) is 17.0. The van der Waals surface area contributed by atoms with Crippen LogP contribution in [0.15, 0.2) is 72.4 Å². The number of benzene rings is 2.